The highest BCUT2D eigenvalue weighted by atomic mass is 16.5. The highest BCUT2D eigenvalue weighted by Crippen LogP contribution is 2.28. The SMILES string of the molecule is CCCOc1ccccc1NC(C)c1ccc(C)c(C)c1. The summed E-state index contributed by atoms with van der Waals surface area (Å²) in [5.74, 6) is 0.926. The zero-order valence-electron chi connectivity index (χ0n) is 13.4. The third-order valence-electron chi connectivity index (χ3n) is 3.75. The summed E-state index contributed by atoms with van der Waals surface area (Å²) in [6.07, 6.45) is 1.01. The first-order valence-corrected chi connectivity index (χ1v) is 7.67. The first-order chi connectivity index (χ1) is 10.1. The summed E-state index contributed by atoms with van der Waals surface area (Å²) >= 11 is 0. The largest absolute Gasteiger partial charge is 0.491 e. The third-order valence-corrected chi connectivity index (χ3v) is 3.75. The molecule has 1 unspecified atom stereocenters. The zero-order valence-corrected chi connectivity index (χ0v) is 13.4. The molecule has 0 aromatic heterocycles. The number of rotatable bonds is 6. The molecule has 2 heteroatoms. The van der Waals surface area contributed by atoms with Gasteiger partial charge in [0, 0.05) is 6.04 Å². The van der Waals surface area contributed by atoms with Gasteiger partial charge < -0.3 is 10.1 Å². The fourth-order valence-corrected chi connectivity index (χ4v) is 2.27. The van der Waals surface area contributed by atoms with Crippen molar-refractivity contribution < 1.29 is 4.74 Å². The van der Waals surface area contributed by atoms with Gasteiger partial charge in [0.05, 0.1) is 12.3 Å². The fraction of sp³-hybridized carbons (Fsp3) is 0.368. The second-order valence-electron chi connectivity index (χ2n) is 5.55. The molecule has 0 fully saturated rings. The minimum atomic E-state index is 0.246. The van der Waals surface area contributed by atoms with E-state index >= 15 is 0 Å². The smallest absolute Gasteiger partial charge is 0.142 e. The molecule has 0 radical (unpaired) electrons. The molecule has 0 amide bonds. The van der Waals surface area contributed by atoms with E-state index in [-0.39, 0.29) is 6.04 Å². The van der Waals surface area contributed by atoms with Crippen LogP contribution in [0.25, 0.3) is 0 Å². The van der Waals surface area contributed by atoms with Crippen molar-refractivity contribution in [2.75, 3.05) is 11.9 Å². The molecule has 0 saturated carbocycles. The Labute approximate surface area is 128 Å². The Hall–Kier alpha value is -1.96. The lowest BCUT2D eigenvalue weighted by atomic mass is 10.0. The van der Waals surface area contributed by atoms with Crippen molar-refractivity contribution in [2.45, 2.75) is 40.2 Å². The number of hydrogen-bond donors (Lipinski definition) is 1. The van der Waals surface area contributed by atoms with Crippen LogP contribution in [0.3, 0.4) is 0 Å². The molecule has 112 valence electrons. The minimum absolute atomic E-state index is 0.246. The molecule has 2 aromatic rings. The normalized spacial score (nSPS) is 12.0. The Kier molecular flexibility index (Phi) is 5.26. The van der Waals surface area contributed by atoms with Gasteiger partial charge in [-0.05, 0) is 56.0 Å². The predicted octanol–water partition coefficient (Wildman–Crippen LogP) is 5.27. The monoisotopic (exact) mass is 283 g/mol. The number of hydrogen-bond acceptors (Lipinski definition) is 2. The van der Waals surface area contributed by atoms with E-state index < -0.39 is 0 Å². The van der Waals surface area contributed by atoms with E-state index in [1.165, 1.54) is 16.7 Å². The summed E-state index contributed by atoms with van der Waals surface area (Å²) in [6.45, 7) is 9.35. The summed E-state index contributed by atoms with van der Waals surface area (Å²) in [4.78, 5) is 0. The molecule has 0 aliphatic rings. The van der Waals surface area contributed by atoms with E-state index in [9.17, 15) is 0 Å². The van der Waals surface area contributed by atoms with Gasteiger partial charge >= 0.3 is 0 Å². The molecular weight excluding hydrogens is 258 g/mol. The van der Waals surface area contributed by atoms with Gasteiger partial charge in [0.25, 0.3) is 0 Å². The molecule has 2 aromatic carbocycles. The lowest BCUT2D eigenvalue weighted by Crippen LogP contribution is -2.09. The number of aryl methyl sites for hydroxylation is 2. The van der Waals surface area contributed by atoms with Crippen LogP contribution >= 0.6 is 0 Å². The standard InChI is InChI=1S/C19H25NO/c1-5-12-21-19-9-7-6-8-18(19)20-16(4)17-11-10-14(2)15(3)13-17/h6-11,13,16,20H,5,12H2,1-4H3. The summed E-state index contributed by atoms with van der Waals surface area (Å²) in [5, 5.41) is 3.56. The Bertz CT molecular complexity index is 592. The van der Waals surface area contributed by atoms with Crippen molar-refractivity contribution >= 4 is 5.69 Å². The van der Waals surface area contributed by atoms with Crippen LogP contribution in [-0.4, -0.2) is 6.61 Å². The molecule has 0 aliphatic heterocycles. The van der Waals surface area contributed by atoms with Crippen LogP contribution in [-0.2, 0) is 0 Å². The van der Waals surface area contributed by atoms with Crippen molar-refractivity contribution in [3.8, 4) is 5.75 Å². The van der Waals surface area contributed by atoms with Crippen LogP contribution in [0.15, 0.2) is 42.5 Å². The van der Waals surface area contributed by atoms with Gasteiger partial charge in [-0.1, -0.05) is 37.3 Å². The maximum Gasteiger partial charge on any atom is 0.142 e. The quantitative estimate of drug-likeness (QED) is 0.780. The average molecular weight is 283 g/mol. The van der Waals surface area contributed by atoms with Gasteiger partial charge in [-0.15, -0.1) is 0 Å². The second kappa shape index (κ2) is 7.16. The highest BCUT2D eigenvalue weighted by Gasteiger charge is 2.09. The first-order valence-electron chi connectivity index (χ1n) is 7.67. The summed E-state index contributed by atoms with van der Waals surface area (Å²) in [7, 11) is 0. The summed E-state index contributed by atoms with van der Waals surface area (Å²) in [5.41, 5.74) is 5.01. The predicted molar refractivity (Wildman–Crippen MR) is 90.2 cm³/mol. The maximum atomic E-state index is 5.80. The number of benzene rings is 2. The van der Waals surface area contributed by atoms with Crippen LogP contribution in [0.2, 0.25) is 0 Å². The van der Waals surface area contributed by atoms with Crippen molar-refractivity contribution in [1.82, 2.24) is 0 Å². The van der Waals surface area contributed by atoms with Crippen molar-refractivity contribution in [3.05, 3.63) is 59.2 Å². The number of para-hydroxylation sites is 2. The van der Waals surface area contributed by atoms with Crippen molar-refractivity contribution in [3.63, 3.8) is 0 Å². The van der Waals surface area contributed by atoms with Crippen LogP contribution in [0, 0.1) is 13.8 Å². The van der Waals surface area contributed by atoms with Gasteiger partial charge in [0.2, 0.25) is 0 Å². The Balaban J connectivity index is 2.15. The molecule has 2 nitrogen and oxygen atoms in total. The van der Waals surface area contributed by atoms with Gasteiger partial charge in [0.1, 0.15) is 5.75 Å². The third kappa shape index (κ3) is 4.01. The second-order valence-corrected chi connectivity index (χ2v) is 5.55. The fourth-order valence-electron chi connectivity index (χ4n) is 2.27. The zero-order chi connectivity index (χ0) is 15.2. The molecule has 0 bridgehead atoms. The molecule has 0 heterocycles. The maximum absolute atomic E-state index is 5.80. The van der Waals surface area contributed by atoms with Crippen molar-refractivity contribution in [1.29, 1.82) is 0 Å². The molecule has 21 heavy (non-hydrogen) atoms. The van der Waals surface area contributed by atoms with Gasteiger partial charge in [0.15, 0.2) is 0 Å². The lowest BCUT2D eigenvalue weighted by Gasteiger charge is -2.19. The number of ether oxygens (including phenoxy) is 1. The summed E-state index contributed by atoms with van der Waals surface area (Å²) < 4.78 is 5.80. The van der Waals surface area contributed by atoms with Crippen molar-refractivity contribution in [2.24, 2.45) is 0 Å². The Morgan fingerprint density at radius 2 is 1.81 bits per heavy atom. The van der Waals surface area contributed by atoms with Gasteiger partial charge in [-0.25, -0.2) is 0 Å². The Morgan fingerprint density at radius 1 is 1.05 bits per heavy atom. The molecule has 0 spiro atoms. The van der Waals surface area contributed by atoms with E-state index in [4.69, 9.17) is 4.74 Å². The minimum Gasteiger partial charge on any atom is -0.491 e. The molecule has 2 rings (SSSR count). The topological polar surface area (TPSA) is 21.3 Å². The highest BCUT2D eigenvalue weighted by molar-refractivity contribution is 5.57. The van der Waals surface area contributed by atoms with E-state index in [2.05, 4.69) is 57.3 Å². The van der Waals surface area contributed by atoms with E-state index in [0.29, 0.717) is 0 Å². The van der Waals surface area contributed by atoms with Crippen LogP contribution in [0.4, 0.5) is 5.69 Å². The molecular formula is C19H25NO. The van der Waals surface area contributed by atoms with Crippen LogP contribution in [0.1, 0.15) is 43.0 Å². The molecule has 1 atom stereocenters. The number of nitrogens with one attached hydrogen (secondary N) is 1. The van der Waals surface area contributed by atoms with Gasteiger partial charge in [-0.2, -0.15) is 0 Å². The Morgan fingerprint density at radius 3 is 2.52 bits per heavy atom. The molecule has 0 aliphatic carbocycles. The molecule has 0 saturated heterocycles. The van der Waals surface area contributed by atoms with E-state index in [1.54, 1.807) is 0 Å². The first kappa shape index (κ1) is 15.4. The van der Waals surface area contributed by atoms with Gasteiger partial charge in [-0.3, -0.25) is 0 Å². The average Bonchev–Trinajstić information content (AvgIpc) is 2.49. The lowest BCUT2D eigenvalue weighted by molar-refractivity contribution is 0.318. The van der Waals surface area contributed by atoms with E-state index in [0.717, 1.165) is 24.5 Å². The number of anilines is 1. The van der Waals surface area contributed by atoms with E-state index in [1.807, 2.05) is 18.2 Å². The summed E-state index contributed by atoms with van der Waals surface area (Å²) in [6, 6.07) is 15.0. The van der Waals surface area contributed by atoms with Crippen LogP contribution in [0.5, 0.6) is 5.75 Å². The van der Waals surface area contributed by atoms with Crippen LogP contribution < -0.4 is 10.1 Å². The molecule has 1 N–H and O–H groups in total.